The molecule has 164 valence electrons. The average Bonchev–Trinajstić information content (AvgIpc) is 3.12. The number of benzene rings is 1. The number of carboxylic acid groups (broad SMARTS) is 1. The lowest BCUT2D eigenvalue weighted by atomic mass is 9.80. The standard InChI is InChI=1S/C21H25BrF2N2O3S/c22-14-9-19(30-12-14)21(4-2-1-3-5-21)25-11-18(27)17(26-20(28)29)8-13-6-15(23)10-16(24)7-13/h6-7,9-10,12,17-18,25-27H,1-5,8,11H2,(H,28,29). The fraction of sp³-hybridized carbons (Fsp3) is 0.476. The molecule has 1 amide bonds. The molecule has 4 N–H and O–H groups in total. The van der Waals surface area contributed by atoms with E-state index in [-0.39, 0.29) is 24.1 Å². The molecule has 0 radical (unpaired) electrons. The lowest BCUT2D eigenvalue weighted by Gasteiger charge is -2.39. The van der Waals surface area contributed by atoms with E-state index in [1.54, 1.807) is 11.3 Å². The van der Waals surface area contributed by atoms with Gasteiger partial charge in [0.15, 0.2) is 0 Å². The van der Waals surface area contributed by atoms with Gasteiger partial charge in [0.2, 0.25) is 0 Å². The van der Waals surface area contributed by atoms with Crippen LogP contribution in [0.1, 0.15) is 42.5 Å². The molecule has 1 heterocycles. The third kappa shape index (κ3) is 6.00. The zero-order valence-corrected chi connectivity index (χ0v) is 18.7. The Balaban J connectivity index is 1.73. The number of rotatable bonds is 8. The number of amides is 1. The van der Waals surface area contributed by atoms with E-state index < -0.39 is 29.9 Å². The van der Waals surface area contributed by atoms with Crippen molar-refractivity contribution in [3.8, 4) is 0 Å². The maximum Gasteiger partial charge on any atom is 0.404 e. The van der Waals surface area contributed by atoms with Gasteiger partial charge >= 0.3 is 6.09 Å². The molecule has 1 saturated carbocycles. The van der Waals surface area contributed by atoms with Crippen LogP contribution in [-0.2, 0) is 12.0 Å². The molecule has 0 bridgehead atoms. The monoisotopic (exact) mass is 502 g/mol. The van der Waals surface area contributed by atoms with Gasteiger partial charge in [-0.1, -0.05) is 19.3 Å². The lowest BCUT2D eigenvalue weighted by Crippen LogP contribution is -2.53. The van der Waals surface area contributed by atoms with Gasteiger partial charge in [0, 0.05) is 27.3 Å². The van der Waals surface area contributed by atoms with E-state index in [4.69, 9.17) is 0 Å². The van der Waals surface area contributed by atoms with Crippen LogP contribution in [0.5, 0.6) is 0 Å². The second-order valence-corrected chi connectivity index (χ2v) is 9.58. The van der Waals surface area contributed by atoms with Crippen LogP contribution in [0.3, 0.4) is 0 Å². The molecule has 0 saturated heterocycles. The van der Waals surface area contributed by atoms with Gasteiger partial charge < -0.3 is 20.8 Å². The maximum atomic E-state index is 13.5. The Morgan fingerprint density at radius 1 is 1.17 bits per heavy atom. The number of carbonyl (C=O) groups is 1. The molecular formula is C21H25BrF2N2O3S. The van der Waals surface area contributed by atoms with Crippen LogP contribution in [0.15, 0.2) is 34.1 Å². The smallest absolute Gasteiger partial charge is 0.404 e. The third-order valence-corrected chi connectivity index (χ3v) is 7.44. The number of nitrogens with one attached hydrogen (secondary N) is 2. The predicted molar refractivity (Wildman–Crippen MR) is 116 cm³/mol. The Morgan fingerprint density at radius 2 is 1.83 bits per heavy atom. The van der Waals surface area contributed by atoms with Crippen molar-refractivity contribution in [2.45, 2.75) is 56.2 Å². The number of hydrogen-bond donors (Lipinski definition) is 4. The Kier molecular flexibility index (Phi) is 7.84. The van der Waals surface area contributed by atoms with Crippen LogP contribution in [0.2, 0.25) is 0 Å². The van der Waals surface area contributed by atoms with E-state index >= 15 is 0 Å². The first-order chi connectivity index (χ1) is 14.3. The topological polar surface area (TPSA) is 81.6 Å². The van der Waals surface area contributed by atoms with Crippen molar-refractivity contribution in [2.75, 3.05) is 6.54 Å². The first-order valence-electron chi connectivity index (χ1n) is 9.89. The first-order valence-corrected chi connectivity index (χ1v) is 11.6. The molecule has 30 heavy (non-hydrogen) atoms. The highest BCUT2D eigenvalue weighted by atomic mass is 79.9. The Bertz CT molecular complexity index is 853. The zero-order chi connectivity index (χ0) is 21.7. The summed E-state index contributed by atoms with van der Waals surface area (Å²) in [5, 5.41) is 27.7. The highest BCUT2D eigenvalue weighted by Crippen LogP contribution is 2.41. The van der Waals surface area contributed by atoms with E-state index in [1.807, 2.05) is 5.38 Å². The minimum absolute atomic E-state index is 0.0264. The number of thiophene rings is 1. The summed E-state index contributed by atoms with van der Waals surface area (Å²) in [4.78, 5) is 12.4. The summed E-state index contributed by atoms with van der Waals surface area (Å²) < 4.78 is 28.0. The second-order valence-electron chi connectivity index (χ2n) is 7.76. The molecule has 5 nitrogen and oxygen atoms in total. The van der Waals surface area contributed by atoms with Gasteiger partial charge in [-0.3, -0.25) is 0 Å². The summed E-state index contributed by atoms with van der Waals surface area (Å²) in [7, 11) is 0. The zero-order valence-electron chi connectivity index (χ0n) is 16.3. The molecular weight excluding hydrogens is 478 g/mol. The summed E-state index contributed by atoms with van der Waals surface area (Å²) in [6, 6.07) is 4.22. The van der Waals surface area contributed by atoms with Crippen molar-refractivity contribution in [1.29, 1.82) is 0 Å². The summed E-state index contributed by atoms with van der Waals surface area (Å²) in [6.07, 6.45) is 2.75. The highest BCUT2D eigenvalue weighted by Gasteiger charge is 2.36. The average molecular weight is 503 g/mol. The van der Waals surface area contributed by atoms with Crippen molar-refractivity contribution in [3.63, 3.8) is 0 Å². The van der Waals surface area contributed by atoms with Crippen molar-refractivity contribution in [1.82, 2.24) is 10.6 Å². The van der Waals surface area contributed by atoms with E-state index in [1.165, 1.54) is 4.88 Å². The van der Waals surface area contributed by atoms with E-state index in [0.29, 0.717) is 0 Å². The number of hydrogen-bond acceptors (Lipinski definition) is 4. The van der Waals surface area contributed by atoms with Gasteiger partial charge in [-0.05, 0) is 59.0 Å². The lowest BCUT2D eigenvalue weighted by molar-refractivity contribution is 0.101. The van der Waals surface area contributed by atoms with Gasteiger partial charge in [0.25, 0.3) is 0 Å². The molecule has 0 aliphatic heterocycles. The van der Waals surface area contributed by atoms with Crippen molar-refractivity contribution in [2.24, 2.45) is 0 Å². The molecule has 2 aromatic rings. The number of aliphatic hydroxyl groups is 1. The van der Waals surface area contributed by atoms with Crippen LogP contribution in [0, 0.1) is 11.6 Å². The van der Waals surface area contributed by atoms with Crippen LogP contribution < -0.4 is 10.6 Å². The largest absolute Gasteiger partial charge is 0.465 e. The summed E-state index contributed by atoms with van der Waals surface area (Å²) in [6.45, 7) is 0.151. The van der Waals surface area contributed by atoms with E-state index in [9.17, 15) is 23.8 Å². The van der Waals surface area contributed by atoms with Gasteiger partial charge in [-0.15, -0.1) is 11.3 Å². The quantitative estimate of drug-likeness (QED) is 0.418. The molecule has 1 aromatic heterocycles. The molecule has 2 atom stereocenters. The molecule has 0 spiro atoms. The molecule has 9 heteroatoms. The van der Waals surface area contributed by atoms with Gasteiger partial charge in [0.1, 0.15) is 11.6 Å². The first kappa shape index (κ1) is 23.1. The molecule has 1 aromatic carbocycles. The summed E-state index contributed by atoms with van der Waals surface area (Å²) in [5.41, 5.74) is 0.00846. The SMILES string of the molecule is O=C(O)NC(Cc1cc(F)cc(F)c1)C(O)CNC1(c2cc(Br)cs2)CCCCC1. The molecule has 2 unspecified atom stereocenters. The second kappa shape index (κ2) is 10.2. The fourth-order valence-corrected chi connectivity index (χ4v) is 5.76. The van der Waals surface area contributed by atoms with Crippen LogP contribution in [0.4, 0.5) is 13.6 Å². The van der Waals surface area contributed by atoms with Crippen molar-refractivity contribution >= 4 is 33.4 Å². The molecule has 1 aliphatic carbocycles. The van der Waals surface area contributed by atoms with Gasteiger partial charge in [-0.25, -0.2) is 13.6 Å². The predicted octanol–water partition coefficient (Wildman–Crippen LogP) is 4.78. The van der Waals surface area contributed by atoms with E-state index in [2.05, 4.69) is 32.6 Å². The van der Waals surface area contributed by atoms with Crippen molar-refractivity contribution in [3.05, 3.63) is 56.2 Å². The minimum atomic E-state index is -1.30. The highest BCUT2D eigenvalue weighted by molar-refractivity contribution is 9.10. The minimum Gasteiger partial charge on any atom is -0.465 e. The van der Waals surface area contributed by atoms with Crippen LogP contribution in [-0.4, -0.2) is 35.0 Å². The maximum absolute atomic E-state index is 13.5. The molecule has 1 fully saturated rings. The third-order valence-electron chi connectivity index (χ3n) is 5.55. The van der Waals surface area contributed by atoms with Gasteiger partial charge in [0.05, 0.1) is 17.7 Å². The Morgan fingerprint density at radius 3 is 2.40 bits per heavy atom. The fourth-order valence-electron chi connectivity index (χ4n) is 4.10. The normalized spacial score (nSPS) is 18.0. The Labute approximate surface area is 186 Å². The number of halogens is 3. The van der Waals surface area contributed by atoms with Crippen LogP contribution >= 0.6 is 27.3 Å². The van der Waals surface area contributed by atoms with Crippen LogP contribution in [0.25, 0.3) is 0 Å². The van der Waals surface area contributed by atoms with Crippen molar-refractivity contribution < 1.29 is 23.8 Å². The van der Waals surface area contributed by atoms with E-state index in [0.717, 1.165) is 54.8 Å². The summed E-state index contributed by atoms with van der Waals surface area (Å²) >= 11 is 5.15. The van der Waals surface area contributed by atoms with Gasteiger partial charge in [-0.2, -0.15) is 0 Å². The Hall–Kier alpha value is -1.55. The number of aliphatic hydroxyl groups excluding tert-OH is 1. The summed E-state index contributed by atoms with van der Waals surface area (Å²) in [5.74, 6) is -1.48. The molecule has 1 aliphatic rings. The molecule has 3 rings (SSSR count).